The van der Waals surface area contributed by atoms with E-state index in [0.29, 0.717) is 17.6 Å². The van der Waals surface area contributed by atoms with Crippen LogP contribution in [0.2, 0.25) is 0 Å². The summed E-state index contributed by atoms with van der Waals surface area (Å²) >= 11 is 0. The molecule has 4 aliphatic carbocycles. The molecule has 0 aromatic carbocycles. The third-order valence-electron chi connectivity index (χ3n) is 8.91. The minimum Gasteiger partial charge on any atom is -0.469 e. The van der Waals surface area contributed by atoms with Gasteiger partial charge in [-0.05, 0) is 119 Å². The van der Waals surface area contributed by atoms with Gasteiger partial charge < -0.3 is 28.0 Å². The average molecular weight is 715 g/mol. The Labute approximate surface area is 292 Å². The lowest BCUT2D eigenvalue weighted by Crippen LogP contribution is -2.30. The maximum atomic E-state index is 12.0. The van der Waals surface area contributed by atoms with Crippen molar-refractivity contribution in [3.63, 3.8) is 0 Å². The Kier molecular flexibility index (Phi) is 16.2. The highest BCUT2D eigenvalue weighted by Crippen LogP contribution is 2.49. The molecule has 0 amide bonds. The van der Waals surface area contributed by atoms with E-state index in [-0.39, 0.29) is 61.0 Å². The van der Waals surface area contributed by atoms with Crippen LogP contribution in [0.4, 0.5) is 0 Å². The molecule has 4 saturated carbocycles. The number of methoxy groups -OCH3 is 2. The van der Waals surface area contributed by atoms with Crippen LogP contribution in [0.15, 0.2) is 11.6 Å². The number of carbonyl (C=O) groups excluding carboxylic acids is 5. The number of ether oxygens (including phenoxy) is 4. The normalized spacial score (nSPS) is 25.9. The van der Waals surface area contributed by atoms with Crippen molar-refractivity contribution in [3.05, 3.63) is 11.6 Å². The van der Waals surface area contributed by atoms with Crippen molar-refractivity contribution in [3.8, 4) is 0 Å². The third kappa shape index (κ3) is 13.9. The zero-order valence-corrected chi connectivity index (χ0v) is 32.1. The minimum absolute atomic E-state index is 0.00622. The van der Waals surface area contributed by atoms with E-state index in [1.807, 2.05) is 20.8 Å². The third-order valence-corrected chi connectivity index (χ3v) is 10.9. The van der Waals surface area contributed by atoms with Crippen molar-refractivity contribution in [2.75, 3.05) is 33.6 Å². The summed E-state index contributed by atoms with van der Waals surface area (Å²) in [5, 5.41) is 0. The molecule has 0 aliphatic heterocycles. The molecule has 0 aromatic rings. The summed E-state index contributed by atoms with van der Waals surface area (Å²) in [4.78, 5) is 57.8. The maximum absolute atomic E-state index is 12.0. The smallest absolute Gasteiger partial charge is 0.341 e. The number of hydrogen-bond acceptors (Lipinski definition) is 12. The van der Waals surface area contributed by atoms with Gasteiger partial charge in [0.05, 0.1) is 39.3 Å². The van der Waals surface area contributed by atoms with Gasteiger partial charge in [-0.1, -0.05) is 5.57 Å². The number of rotatable bonds is 9. The van der Waals surface area contributed by atoms with E-state index < -0.39 is 24.8 Å². The van der Waals surface area contributed by atoms with E-state index in [1.54, 1.807) is 40.7 Å². The Balaban J connectivity index is 0.000000261. The second kappa shape index (κ2) is 18.6. The largest absolute Gasteiger partial charge is 0.469 e. The first-order valence-corrected chi connectivity index (χ1v) is 19.2. The van der Waals surface area contributed by atoms with Crippen molar-refractivity contribution in [2.24, 2.45) is 35.5 Å². The van der Waals surface area contributed by atoms with Crippen LogP contribution in [0, 0.1) is 35.5 Å². The number of allylic oxidation sites excluding steroid dienone is 1. The lowest BCUT2D eigenvalue weighted by molar-refractivity contribution is -0.152. The summed E-state index contributed by atoms with van der Waals surface area (Å²) in [6, 6.07) is 0. The monoisotopic (exact) mass is 714 g/mol. The molecule has 49 heavy (non-hydrogen) atoms. The van der Waals surface area contributed by atoms with Crippen molar-refractivity contribution in [1.82, 2.24) is 0 Å². The van der Waals surface area contributed by atoms with Gasteiger partial charge in [0.25, 0.3) is 0 Å². The summed E-state index contributed by atoms with van der Waals surface area (Å²) in [6.45, 7) is 14.7. The predicted molar refractivity (Wildman–Crippen MR) is 182 cm³/mol. The van der Waals surface area contributed by atoms with Crippen LogP contribution in [0.25, 0.3) is 0 Å². The molecule has 13 heteroatoms. The first kappa shape index (κ1) is 42.6. The van der Waals surface area contributed by atoms with Crippen molar-refractivity contribution >= 4 is 37.3 Å². The van der Waals surface area contributed by atoms with Gasteiger partial charge in [-0.25, -0.2) is 4.79 Å². The second-order valence-corrected chi connectivity index (χ2v) is 17.2. The van der Waals surface area contributed by atoms with E-state index in [0.717, 1.165) is 51.4 Å². The zero-order chi connectivity index (χ0) is 37.2. The summed E-state index contributed by atoms with van der Waals surface area (Å²) in [5.74, 6) is 0.274. The van der Waals surface area contributed by atoms with Crippen LogP contribution in [-0.2, 0) is 56.5 Å². The van der Waals surface area contributed by atoms with Gasteiger partial charge >= 0.3 is 31.5 Å². The molecule has 4 aliphatic rings. The first-order chi connectivity index (χ1) is 22.7. The molecular formula is C36H59O12P. The van der Waals surface area contributed by atoms with Gasteiger partial charge in [-0.2, -0.15) is 0 Å². The van der Waals surface area contributed by atoms with Gasteiger partial charge in [0.1, 0.15) is 23.1 Å². The summed E-state index contributed by atoms with van der Waals surface area (Å²) in [7, 11) is -0.478. The van der Waals surface area contributed by atoms with Gasteiger partial charge in [0.2, 0.25) is 0 Å². The van der Waals surface area contributed by atoms with Gasteiger partial charge in [0.15, 0.2) is 0 Å². The van der Waals surface area contributed by atoms with Crippen LogP contribution in [-0.4, -0.2) is 74.5 Å². The summed E-state index contributed by atoms with van der Waals surface area (Å²) in [6.07, 6.45) is 8.47. The van der Waals surface area contributed by atoms with Crippen LogP contribution < -0.4 is 0 Å². The molecule has 0 heterocycles. The highest BCUT2D eigenvalue weighted by Gasteiger charge is 2.44. The molecule has 4 fully saturated rings. The lowest BCUT2D eigenvalue weighted by atomic mass is 9.77. The number of ketones is 1. The number of hydrogen-bond donors (Lipinski definition) is 0. The Hall–Kier alpha value is -2.56. The second-order valence-electron chi connectivity index (χ2n) is 15.1. The van der Waals surface area contributed by atoms with Crippen LogP contribution >= 0.6 is 7.60 Å². The van der Waals surface area contributed by atoms with Crippen LogP contribution in [0.3, 0.4) is 0 Å². The zero-order valence-electron chi connectivity index (χ0n) is 31.2. The van der Waals surface area contributed by atoms with Crippen LogP contribution in [0.5, 0.6) is 0 Å². The Morgan fingerprint density at radius 2 is 1.08 bits per heavy atom. The van der Waals surface area contributed by atoms with Gasteiger partial charge in [0, 0.05) is 17.9 Å². The Morgan fingerprint density at radius 3 is 1.45 bits per heavy atom. The van der Waals surface area contributed by atoms with Gasteiger partial charge in [-0.15, -0.1) is 0 Å². The minimum atomic E-state index is -3.34. The molecule has 0 aromatic heterocycles. The highest BCUT2D eigenvalue weighted by atomic mass is 31.2. The Bertz CT molecular complexity index is 1200. The SMILES string of the molecule is CCOP(=O)(CC(=O)OC(C)(C)C)OCC.COC(=O)C1CC2CCC(C1)C2=CC(=O)OC(C)(C)C.COC(=O)C1CC2CCC(C1)C2=O. The van der Waals surface area contributed by atoms with Crippen molar-refractivity contribution in [2.45, 2.75) is 118 Å². The number of Topliss-reactive ketones (excluding diaryl/α,β-unsaturated/α-hetero) is 1. The fraction of sp³-hybridized carbons (Fsp3) is 0.806. The quantitative estimate of drug-likeness (QED) is 0.109. The standard InChI is InChI=1S/C16H24O4.C10H21O5P.C10H14O3/c1-16(2,3)20-14(17)9-13-10-5-6-11(13)8-12(7-10)15(18)19-4;1-6-13-16(12,14-7-2)8-9(11)15-10(3,4)5;1-13-10(12)8-4-6-2-3-7(5-8)9(6)11/h9-12H,5-8H2,1-4H3;6-8H2,1-5H3;6-8H,2-5H2,1H3. The molecule has 4 atom stereocenters. The molecular weight excluding hydrogens is 655 g/mol. The van der Waals surface area contributed by atoms with E-state index in [1.165, 1.54) is 19.8 Å². The average Bonchev–Trinajstić information content (AvgIpc) is 3.31. The van der Waals surface area contributed by atoms with Crippen LogP contribution in [0.1, 0.15) is 107 Å². The Morgan fingerprint density at radius 1 is 0.694 bits per heavy atom. The summed E-state index contributed by atoms with van der Waals surface area (Å²) < 4.78 is 41.9. The van der Waals surface area contributed by atoms with E-state index in [4.69, 9.17) is 28.0 Å². The topological polar surface area (TPSA) is 158 Å². The van der Waals surface area contributed by atoms with E-state index in [9.17, 15) is 28.5 Å². The fourth-order valence-electron chi connectivity index (χ4n) is 7.11. The molecule has 12 nitrogen and oxygen atoms in total. The fourth-order valence-corrected chi connectivity index (χ4v) is 8.53. The highest BCUT2D eigenvalue weighted by molar-refractivity contribution is 7.54. The summed E-state index contributed by atoms with van der Waals surface area (Å²) in [5.41, 5.74) is 0.121. The van der Waals surface area contributed by atoms with E-state index >= 15 is 0 Å². The molecule has 0 N–H and O–H groups in total. The molecule has 0 spiro atoms. The molecule has 0 radical (unpaired) electrons. The van der Waals surface area contributed by atoms with Gasteiger partial charge in [-0.3, -0.25) is 23.7 Å². The number of esters is 4. The molecule has 4 bridgehead atoms. The van der Waals surface area contributed by atoms with Crippen molar-refractivity contribution < 1.29 is 56.5 Å². The first-order valence-electron chi connectivity index (χ1n) is 17.5. The lowest BCUT2D eigenvalue weighted by Gasteiger charge is -2.29. The maximum Gasteiger partial charge on any atom is 0.341 e. The van der Waals surface area contributed by atoms with Crippen molar-refractivity contribution in [1.29, 1.82) is 0 Å². The predicted octanol–water partition coefficient (Wildman–Crippen LogP) is 6.62. The molecule has 4 unspecified atom stereocenters. The number of fused-ring (bicyclic) bond motifs is 4. The molecule has 0 saturated heterocycles. The molecule has 280 valence electrons. The molecule has 4 rings (SSSR count). The van der Waals surface area contributed by atoms with E-state index in [2.05, 4.69) is 0 Å². The number of carbonyl (C=O) groups is 5.